The Morgan fingerprint density at radius 1 is 1.14 bits per heavy atom. The van der Waals surface area contributed by atoms with Crippen LogP contribution in [0.3, 0.4) is 0 Å². The van der Waals surface area contributed by atoms with Gasteiger partial charge in [-0.3, -0.25) is 4.68 Å². The molecule has 0 fully saturated rings. The molecular weight excluding hydrogens is 282 g/mol. The van der Waals surface area contributed by atoms with Crippen molar-refractivity contribution in [3.63, 3.8) is 0 Å². The number of aryl methyl sites for hydroxylation is 2. The summed E-state index contributed by atoms with van der Waals surface area (Å²) in [6.07, 6.45) is 0. The van der Waals surface area contributed by atoms with Gasteiger partial charge in [0.25, 0.3) is 0 Å². The van der Waals surface area contributed by atoms with Crippen LogP contribution in [0, 0.1) is 6.92 Å². The molecule has 108 valence electrons. The molecular formula is C17H18ClN3. The van der Waals surface area contributed by atoms with Crippen molar-refractivity contribution in [3.8, 4) is 0 Å². The van der Waals surface area contributed by atoms with E-state index in [4.69, 9.17) is 11.6 Å². The van der Waals surface area contributed by atoms with Crippen molar-refractivity contribution >= 4 is 28.1 Å². The average molecular weight is 300 g/mol. The van der Waals surface area contributed by atoms with Gasteiger partial charge in [-0.2, -0.15) is 5.10 Å². The van der Waals surface area contributed by atoms with Gasteiger partial charge in [0.05, 0.1) is 5.69 Å². The highest BCUT2D eigenvalue weighted by Gasteiger charge is 2.13. The number of anilines is 1. The maximum atomic E-state index is 6.31. The van der Waals surface area contributed by atoms with Gasteiger partial charge < -0.3 is 4.90 Å². The highest BCUT2D eigenvalue weighted by molar-refractivity contribution is 6.30. The summed E-state index contributed by atoms with van der Waals surface area (Å²) in [6, 6.07) is 14.9. The third-order valence-corrected chi connectivity index (χ3v) is 4.31. The highest BCUT2D eigenvalue weighted by Crippen LogP contribution is 2.25. The zero-order chi connectivity index (χ0) is 15.0. The summed E-state index contributed by atoms with van der Waals surface area (Å²) < 4.78 is 1.72. The molecule has 0 N–H and O–H groups in total. The Morgan fingerprint density at radius 2 is 1.86 bits per heavy atom. The quantitative estimate of drug-likeness (QED) is 0.724. The van der Waals surface area contributed by atoms with E-state index >= 15 is 0 Å². The molecule has 0 aliphatic carbocycles. The molecule has 0 saturated carbocycles. The summed E-state index contributed by atoms with van der Waals surface area (Å²) in [6.45, 7) is 2.74. The SMILES string of the molecule is Cc1nn(C)c(Cl)c1CN(C)c1ccc2ccccc2c1. The number of rotatable bonds is 3. The van der Waals surface area contributed by atoms with E-state index in [-0.39, 0.29) is 0 Å². The molecule has 3 rings (SSSR count). The van der Waals surface area contributed by atoms with Crippen molar-refractivity contribution in [1.29, 1.82) is 0 Å². The average Bonchev–Trinajstić information content (AvgIpc) is 2.73. The van der Waals surface area contributed by atoms with Gasteiger partial charge in [-0.05, 0) is 29.8 Å². The number of halogens is 1. The molecule has 3 aromatic rings. The van der Waals surface area contributed by atoms with Crippen LogP contribution in [0.1, 0.15) is 11.3 Å². The lowest BCUT2D eigenvalue weighted by atomic mass is 10.1. The van der Waals surface area contributed by atoms with Gasteiger partial charge >= 0.3 is 0 Å². The third kappa shape index (κ3) is 2.61. The smallest absolute Gasteiger partial charge is 0.131 e. The number of fused-ring (bicyclic) bond motifs is 1. The van der Waals surface area contributed by atoms with Crippen LogP contribution in [0.15, 0.2) is 42.5 Å². The van der Waals surface area contributed by atoms with Gasteiger partial charge in [0, 0.05) is 31.9 Å². The predicted octanol–water partition coefficient (Wildman–Crippen LogP) is 4.17. The van der Waals surface area contributed by atoms with E-state index in [0.29, 0.717) is 5.15 Å². The Bertz CT molecular complexity index is 792. The molecule has 0 radical (unpaired) electrons. The van der Waals surface area contributed by atoms with Crippen LogP contribution in [0.25, 0.3) is 10.8 Å². The Hall–Kier alpha value is -2.00. The summed E-state index contributed by atoms with van der Waals surface area (Å²) in [5.74, 6) is 0. The minimum absolute atomic E-state index is 0.708. The van der Waals surface area contributed by atoms with E-state index in [0.717, 1.165) is 17.8 Å². The van der Waals surface area contributed by atoms with Gasteiger partial charge in [-0.25, -0.2) is 0 Å². The summed E-state index contributed by atoms with van der Waals surface area (Å²) >= 11 is 6.31. The number of nitrogens with zero attached hydrogens (tertiary/aromatic N) is 3. The molecule has 2 aromatic carbocycles. The summed E-state index contributed by atoms with van der Waals surface area (Å²) in [4.78, 5) is 2.20. The molecule has 0 unspecified atom stereocenters. The van der Waals surface area contributed by atoms with Crippen LogP contribution in [-0.4, -0.2) is 16.8 Å². The van der Waals surface area contributed by atoms with E-state index < -0.39 is 0 Å². The van der Waals surface area contributed by atoms with Crippen LogP contribution in [-0.2, 0) is 13.6 Å². The number of benzene rings is 2. The molecule has 0 atom stereocenters. The molecule has 1 aromatic heterocycles. The van der Waals surface area contributed by atoms with Gasteiger partial charge in [0.15, 0.2) is 0 Å². The topological polar surface area (TPSA) is 21.1 Å². The zero-order valence-corrected chi connectivity index (χ0v) is 13.2. The van der Waals surface area contributed by atoms with Crippen molar-refractivity contribution in [3.05, 3.63) is 58.9 Å². The standard InChI is InChI=1S/C17H18ClN3/c1-12-16(17(18)21(3)19-12)11-20(2)15-9-8-13-6-4-5-7-14(13)10-15/h4-10H,11H2,1-3H3. The lowest BCUT2D eigenvalue weighted by Gasteiger charge is -2.20. The molecule has 0 aliphatic heterocycles. The first kappa shape index (κ1) is 14.0. The number of aromatic nitrogens is 2. The minimum atomic E-state index is 0.708. The monoisotopic (exact) mass is 299 g/mol. The van der Waals surface area contributed by atoms with Gasteiger partial charge in [-0.15, -0.1) is 0 Å². The number of hydrogen-bond acceptors (Lipinski definition) is 2. The van der Waals surface area contributed by atoms with Crippen molar-refractivity contribution < 1.29 is 0 Å². The van der Waals surface area contributed by atoms with Crippen LogP contribution in [0.4, 0.5) is 5.69 Å². The summed E-state index contributed by atoms with van der Waals surface area (Å²) in [7, 11) is 3.95. The fraction of sp³-hybridized carbons (Fsp3) is 0.235. The van der Waals surface area contributed by atoms with E-state index in [1.54, 1.807) is 4.68 Å². The zero-order valence-electron chi connectivity index (χ0n) is 12.5. The normalized spacial score (nSPS) is 11.0. The lowest BCUT2D eigenvalue weighted by molar-refractivity contribution is 0.757. The summed E-state index contributed by atoms with van der Waals surface area (Å²) in [5, 5.41) is 7.57. The molecule has 1 heterocycles. The van der Waals surface area contributed by atoms with Crippen molar-refractivity contribution in [2.75, 3.05) is 11.9 Å². The third-order valence-electron chi connectivity index (χ3n) is 3.84. The maximum Gasteiger partial charge on any atom is 0.131 e. The second-order valence-electron chi connectivity index (χ2n) is 5.37. The predicted molar refractivity (Wildman–Crippen MR) is 89.0 cm³/mol. The Kier molecular flexibility index (Phi) is 3.60. The molecule has 0 saturated heterocycles. The fourth-order valence-corrected chi connectivity index (χ4v) is 2.83. The van der Waals surface area contributed by atoms with Crippen LogP contribution in [0.2, 0.25) is 5.15 Å². The van der Waals surface area contributed by atoms with Crippen molar-refractivity contribution in [1.82, 2.24) is 9.78 Å². The van der Waals surface area contributed by atoms with E-state index in [2.05, 4.69) is 59.5 Å². The molecule has 21 heavy (non-hydrogen) atoms. The maximum absolute atomic E-state index is 6.31. The molecule has 4 heteroatoms. The van der Waals surface area contributed by atoms with Crippen LogP contribution >= 0.6 is 11.6 Å². The van der Waals surface area contributed by atoms with Crippen molar-refractivity contribution in [2.45, 2.75) is 13.5 Å². The second kappa shape index (κ2) is 5.41. The molecule has 0 spiro atoms. The van der Waals surface area contributed by atoms with Gasteiger partial charge in [-0.1, -0.05) is 41.9 Å². The van der Waals surface area contributed by atoms with Gasteiger partial charge in [0.1, 0.15) is 5.15 Å². The van der Waals surface area contributed by atoms with E-state index in [1.165, 1.54) is 16.5 Å². The lowest BCUT2D eigenvalue weighted by Crippen LogP contribution is -2.16. The van der Waals surface area contributed by atoms with Crippen molar-refractivity contribution in [2.24, 2.45) is 7.05 Å². The van der Waals surface area contributed by atoms with Crippen LogP contribution < -0.4 is 4.90 Å². The highest BCUT2D eigenvalue weighted by atomic mass is 35.5. The van der Waals surface area contributed by atoms with E-state index in [9.17, 15) is 0 Å². The fourth-order valence-electron chi connectivity index (χ4n) is 2.60. The first-order valence-corrected chi connectivity index (χ1v) is 7.32. The van der Waals surface area contributed by atoms with Crippen LogP contribution in [0.5, 0.6) is 0 Å². The molecule has 0 aliphatic rings. The molecule has 0 amide bonds. The van der Waals surface area contributed by atoms with Gasteiger partial charge in [0.2, 0.25) is 0 Å². The molecule has 0 bridgehead atoms. The number of hydrogen-bond donors (Lipinski definition) is 0. The second-order valence-corrected chi connectivity index (χ2v) is 5.72. The Morgan fingerprint density at radius 3 is 2.52 bits per heavy atom. The molecule has 3 nitrogen and oxygen atoms in total. The Balaban J connectivity index is 1.91. The Labute approximate surface area is 129 Å². The minimum Gasteiger partial charge on any atom is -0.370 e. The largest absolute Gasteiger partial charge is 0.370 e. The first-order chi connectivity index (χ1) is 10.1. The first-order valence-electron chi connectivity index (χ1n) is 6.94. The summed E-state index contributed by atoms with van der Waals surface area (Å²) in [5.41, 5.74) is 3.23. The van der Waals surface area contributed by atoms with E-state index in [1.807, 2.05) is 14.0 Å².